The first-order valence-corrected chi connectivity index (χ1v) is 14.6. The van der Waals surface area contributed by atoms with Gasteiger partial charge >= 0.3 is 0 Å². The lowest BCUT2D eigenvalue weighted by Gasteiger charge is -2.25. The van der Waals surface area contributed by atoms with Crippen LogP contribution in [0.15, 0.2) is 0 Å². The fourth-order valence-electron chi connectivity index (χ4n) is 4.65. The van der Waals surface area contributed by atoms with Crippen LogP contribution in [0.2, 0.25) is 0 Å². The van der Waals surface area contributed by atoms with Gasteiger partial charge in [-0.1, -0.05) is 103 Å². The Kier molecular flexibility index (Phi) is 27.9. The molecule has 0 saturated heterocycles. The van der Waals surface area contributed by atoms with Gasteiger partial charge in [0.15, 0.2) is 0 Å². The van der Waals surface area contributed by atoms with Gasteiger partial charge in [-0.2, -0.15) is 0 Å². The Bertz CT molecular complexity index is 358. The molecule has 0 aliphatic heterocycles. The SMILES string of the molecule is CCCCCCCCCCCCCCCCCCN(CCO)CCCN(CCO)CCCO. The zero-order chi connectivity index (χ0) is 24.2. The number of aliphatic hydroxyl groups is 3. The van der Waals surface area contributed by atoms with E-state index in [0.717, 1.165) is 45.6 Å². The van der Waals surface area contributed by atoms with Crippen LogP contribution in [-0.4, -0.2) is 84.2 Å². The summed E-state index contributed by atoms with van der Waals surface area (Å²) in [6.45, 7) is 8.20. The van der Waals surface area contributed by atoms with Crippen molar-refractivity contribution in [2.24, 2.45) is 0 Å². The molecule has 0 fully saturated rings. The molecule has 0 aromatic carbocycles. The molecular formula is C28H60N2O3. The third kappa shape index (κ3) is 24.7. The first-order chi connectivity index (χ1) is 16.3. The summed E-state index contributed by atoms with van der Waals surface area (Å²) in [5.74, 6) is 0. The Morgan fingerprint density at radius 3 is 1.03 bits per heavy atom. The Labute approximate surface area is 206 Å². The summed E-state index contributed by atoms with van der Waals surface area (Å²) in [5, 5.41) is 27.6. The van der Waals surface area contributed by atoms with Gasteiger partial charge in [0.2, 0.25) is 0 Å². The van der Waals surface area contributed by atoms with Crippen LogP contribution in [0, 0.1) is 0 Å². The van der Waals surface area contributed by atoms with Crippen molar-refractivity contribution in [3.8, 4) is 0 Å². The Morgan fingerprint density at radius 1 is 0.333 bits per heavy atom. The molecule has 0 amide bonds. The van der Waals surface area contributed by atoms with Crippen LogP contribution in [0.4, 0.5) is 0 Å². The molecule has 0 unspecified atom stereocenters. The van der Waals surface area contributed by atoms with Gasteiger partial charge in [0.25, 0.3) is 0 Å². The summed E-state index contributed by atoms with van der Waals surface area (Å²) in [6, 6.07) is 0. The molecule has 0 heterocycles. The molecule has 0 aromatic heterocycles. The maximum Gasteiger partial charge on any atom is 0.0558 e. The first-order valence-electron chi connectivity index (χ1n) is 14.6. The number of rotatable bonds is 28. The zero-order valence-electron chi connectivity index (χ0n) is 22.3. The van der Waals surface area contributed by atoms with Crippen LogP contribution >= 0.6 is 0 Å². The summed E-state index contributed by atoms with van der Waals surface area (Å²) >= 11 is 0. The summed E-state index contributed by atoms with van der Waals surface area (Å²) in [5.41, 5.74) is 0. The van der Waals surface area contributed by atoms with Crippen molar-refractivity contribution >= 4 is 0 Å². The van der Waals surface area contributed by atoms with Gasteiger partial charge in [-0.3, -0.25) is 0 Å². The summed E-state index contributed by atoms with van der Waals surface area (Å²) in [4.78, 5) is 4.61. The minimum absolute atomic E-state index is 0.172. The lowest BCUT2D eigenvalue weighted by Crippen LogP contribution is -2.34. The van der Waals surface area contributed by atoms with Crippen molar-refractivity contribution in [1.82, 2.24) is 9.80 Å². The maximum absolute atomic E-state index is 9.37. The van der Waals surface area contributed by atoms with Crippen molar-refractivity contribution in [2.45, 2.75) is 122 Å². The lowest BCUT2D eigenvalue weighted by atomic mass is 10.0. The van der Waals surface area contributed by atoms with Crippen molar-refractivity contribution < 1.29 is 15.3 Å². The molecule has 0 radical (unpaired) electrons. The predicted octanol–water partition coefficient (Wildman–Crippen LogP) is 5.61. The second-order valence-electron chi connectivity index (χ2n) is 9.86. The third-order valence-electron chi connectivity index (χ3n) is 6.74. The number of aliphatic hydroxyl groups excluding tert-OH is 3. The molecule has 3 N–H and O–H groups in total. The highest BCUT2D eigenvalue weighted by molar-refractivity contribution is 4.63. The van der Waals surface area contributed by atoms with Crippen LogP contribution in [0.5, 0.6) is 0 Å². The van der Waals surface area contributed by atoms with Crippen LogP contribution in [-0.2, 0) is 0 Å². The van der Waals surface area contributed by atoms with Gasteiger partial charge in [0.05, 0.1) is 13.2 Å². The van der Waals surface area contributed by atoms with E-state index in [4.69, 9.17) is 5.11 Å². The fraction of sp³-hybridized carbons (Fsp3) is 1.00. The quantitative estimate of drug-likeness (QED) is 0.129. The minimum Gasteiger partial charge on any atom is -0.396 e. The van der Waals surface area contributed by atoms with E-state index < -0.39 is 0 Å². The summed E-state index contributed by atoms with van der Waals surface area (Å²) in [7, 11) is 0. The van der Waals surface area contributed by atoms with E-state index in [1.807, 2.05) is 0 Å². The monoisotopic (exact) mass is 472 g/mol. The summed E-state index contributed by atoms with van der Waals surface area (Å²) < 4.78 is 0. The van der Waals surface area contributed by atoms with Gasteiger partial charge in [-0.05, 0) is 38.9 Å². The largest absolute Gasteiger partial charge is 0.396 e. The molecule has 0 saturated carbocycles. The average molecular weight is 473 g/mol. The molecule has 0 atom stereocenters. The molecule has 5 heteroatoms. The Morgan fingerprint density at radius 2 is 0.667 bits per heavy atom. The van der Waals surface area contributed by atoms with Crippen molar-refractivity contribution in [2.75, 3.05) is 59.1 Å². The van der Waals surface area contributed by atoms with E-state index in [-0.39, 0.29) is 19.8 Å². The molecule has 0 aliphatic carbocycles. The molecule has 0 bridgehead atoms. The second kappa shape index (κ2) is 28.0. The molecule has 5 nitrogen and oxygen atoms in total. The van der Waals surface area contributed by atoms with Crippen LogP contribution in [0.25, 0.3) is 0 Å². The van der Waals surface area contributed by atoms with E-state index in [1.165, 1.54) is 103 Å². The summed E-state index contributed by atoms with van der Waals surface area (Å²) in [6.07, 6.45) is 24.1. The minimum atomic E-state index is 0.172. The zero-order valence-corrected chi connectivity index (χ0v) is 22.3. The Balaban J connectivity index is 3.54. The Hall–Kier alpha value is -0.200. The van der Waals surface area contributed by atoms with E-state index in [1.54, 1.807) is 0 Å². The second-order valence-corrected chi connectivity index (χ2v) is 9.86. The van der Waals surface area contributed by atoms with E-state index in [0.29, 0.717) is 6.54 Å². The van der Waals surface area contributed by atoms with Gasteiger partial charge in [-0.15, -0.1) is 0 Å². The fourth-order valence-corrected chi connectivity index (χ4v) is 4.65. The molecule has 0 rings (SSSR count). The van der Waals surface area contributed by atoms with Crippen LogP contribution in [0.3, 0.4) is 0 Å². The highest BCUT2D eigenvalue weighted by atomic mass is 16.3. The molecule has 33 heavy (non-hydrogen) atoms. The number of hydrogen-bond acceptors (Lipinski definition) is 5. The average Bonchev–Trinajstić information content (AvgIpc) is 2.82. The molecule has 0 aromatic rings. The smallest absolute Gasteiger partial charge is 0.0558 e. The number of hydrogen-bond donors (Lipinski definition) is 3. The van der Waals surface area contributed by atoms with Gasteiger partial charge in [0, 0.05) is 26.2 Å². The van der Waals surface area contributed by atoms with E-state index >= 15 is 0 Å². The van der Waals surface area contributed by atoms with Crippen molar-refractivity contribution in [3.05, 3.63) is 0 Å². The third-order valence-corrected chi connectivity index (χ3v) is 6.74. The standard InChI is InChI=1S/C28H60N2O3/c1-2-3-4-5-6-7-8-9-10-11-12-13-14-15-16-17-20-29(24-27-32)21-18-22-30(25-28-33)23-19-26-31/h31-33H,2-28H2,1H3. The molecular weight excluding hydrogens is 412 g/mol. The maximum atomic E-state index is 9.37. The highest BCUT2D eigenvalue weighted by Gasteiger charge is 2.07. The van der Waals surface area contributed by atoms with E-state index in [2.05, 4.69) is 16.7 Å². The predicted molar refractivity (Wildman–Crippen MR) is 143 cm³/mol. The number of unbranched alkanes of at least 4 members (excludes halogenated alkanes) is 15. The normalized spacial score (nSPS) is 11.8. The van der Waals surface area contributed by atoms with Gasteiger partial charge < -0.3 is 25.1 Å². The molecule has 200 valence electrons. The van der Waals surface area contributed by atoms with Gasteiger partial charge in [0.1, 0.15) is 0 Å². The van der Waals surface area contributed by atoms with Crippen molar-refractivity contribution in [3.63, 3.8) is 0 Å². The highest BCUT2D eigenvalue weighted by Crippen LogP contribution is 2.14. The lowest BCUT2D eigenvalue weighted by molar-refractivity contribution is 0.159. The van der Waals surface area contributed by atoms with Crippen molar-refractivity contribution in [1.29, 1.82) is 0 Å². The molecule has 0 aliphatic rings. The van der Waals surface area contributed by atoms with E-state index in [9.17, 15) is 10.2 Å². The first kappa shape index (κ1) is 32.8. The topological polar surface area (TPSA) is 67.2 Å². The molecule has 0 spiro atoms. The van der Waals surface area contributed by atoms with Gasteiger partial charge in [-0.25, -0.2) is 0 Å². The van der Waals surface area contributed by atoms with Crippen LogP contribution in [0.1, 0.15) is 122 Å². The number of nitrogens with zero attached hydrogens (tertiary/aromatic N) is 2. The van der Waals surface area contributed by atoms with Crippen LogP contribution < -0.4 is 0 Å².